The van der Waals surface area contributed by atoms with E-state index in [9.17, 15) is 9.59 Å². The molecule has 2 atom stereocenters. The number of methoxy groups -OCH3 is 1. The van der Waals surface area contributed by atoms with Crippen molar-refractivity contribution in [2.75, 3.05) is 17.7 Å². The monoisotopic (exact) mass is 352 g/mol. The second kappa shape index (κ2) is 7.60. The van der Waals surface area contributed by atoms with Crippen LogP contribution in [0.3, 0.4) is 0 Å². The van der Waals surface area contributed by atoms with Gasteiger partial charge in [-0.25, -0.2) is 0 Å². The topological polar surface area (TPSA) is 67.4 Å². The molecule has 0 saturated heterocycles. The van der Waals surface area contributed by atoms with Crippen LogP contribution in [0.5, 0.6) is 5.75 Å². The molecule has 1 aliphatic carbocycles. The maximum absolute atomic E-state index is 12.5. The number of nitrogens with one attached hydrogen (secondary N) is 2. The van der Waals surface area contributed by atoms with Crippen LogP contribution in [0.25, 0.3) is 0 Å². The zero-order valence-corrected chi connectivity index (χ0v) is 15.3. The standard InChI is InChI=1S/C21H24N2O3/c1-4-14-7-5-6-13(2)19(14)23-21(25)18-12-17(18)20(24)22-15-8-10-16(26-3)11-9-15/h5-11,17-18H,4,12H2,1-3H3,(H,22,24)(H,23,25). The summed E-state index contributed by atoms with van der Waals surface area (Å²) in [5.74, 6) is 0.0000815. The van der Waals surface area contributed by atoms with E-state index in [0.717, 1.165) is 29.0 Å². The predicted octanol–water partition coefficient (Wildman–Crippen LogP) is 3.78. The fourth-order valence-corrected chi connectivity index (χ4v) is 3.10. The number of para-hydroxylation sites is 1. The van der Waals surface area contributed by atoms with Crippen LogP contribution < -0.4 is 15.4 Å². The maximum Gasteiger partial charge on any atom is 0.228 e. The Hall–Kier alpha value is -2.82. The van der Waals surface area contributed by atoms with Crippen molar-refractivity contribution in [1.29, 1.82) is 0 Å². The van der Waals surface area contributed by atoms with Gasteiger partial charge in [0, 0.05) is 11.4 Å². The van der Waals surface area contributed by atoms with Gasteiger partial charge < -0.3 is 15.4 Å². The van der Waals surface area contributed by atoms with Gasteiger partial charge in [0.2, 0.25) is 11.8 Å². The number of aryl methyl sites for hydroxylation is 2. The van der Waals surface area contributed by atoms with Gasteiger partial charge in [-0.1, -0.05) is 25.1 Å². The van der Waals surface area contributed by atoms with Crippen LogP contribution in [-0.2, 0) is 16.0 Å². The van der Waals surface area contributed by atoms with Crippen molar-refractivity contribution in [3.8, 4) is 5.75 Å². The number of carbonyl (C=O) groups is 2. The Morgan fingerprint density at radius 3 is 2.31 bits per heavy atom. The molecule has 0 spiro atoms. The number of hydrogen-bond acceptors (Lipinski definition) is 3. The van der Waals surface area contributed by atoms with Crippen LogP contribution in [0.2, 0.25) is 0 Å². The molecule has 2 unspecified atom stereocenters. The molecule has 0 radical (unpaired) electrons. The summed E-state index contributed by atoms with van der Waals surface area (Å²) in [5.41, 5.74) is 3.73. The molecule has 26 heavy (non-hydrogen) atoms. The zero-order chi connectivity index (χ0) is 18.7. The second-order valence-corrected chi connectivity index (χ2v) is 6.62. The number of ether oxygens (including phenoxy) is 1. The lowest BCUT2D eigenvalue weighted by molar-refractivity contribution is -0.122. The predicted molar refractivity (Wildman–Crippen MR) is 102 cm³/mol. The van der Waals surface area contributed by atoms with E-state index in [1.54, 1.807) is 31.4 Å². The molecule has 0 heterocycles. The molecular weight excluding hydrogens is 328 g/mol. The Bertz CT molecular complexity index is 815. The second-order valence-electron chi connectivity index (χ2n) is 6.62. The normalized spacial score (nSPS) is 18.1. The number of amides is 2. The van der Waals surface area contributed by atoms with Crippen LogP contribution in [0.1, 0.15) is 24.5 Å². The van der Waals surface area contributed by atoms with Gasteiger partial charge in [-0.2, -0.15) is 0 Å². The molecule has 5 heteroatoms. The highest BCUT2D eigenvalue weighted by molar-refractivity contribution is 6.03. The maximum atomic E-state index is 12.5. The highest BCUT2D eigenvalue weighted by atomic mass is 16.5. The van der Waals surface area contributed by atoms with Gasteiger partial charge in [0.15, 0.2) is 0 Å². The third-order valence-electron chi connectivity index (χ3n) is 4.81. The number of rotatable bonds is 6. The lowest BCUT2D eigenvalue weighted by atomic mass is 10.1. The lowest BCUT2D eigenvalue weighted by Crippen LogP contribution is -2.21. The van der Waals surface area contributed by atoms with E-state index in [4.69, 9.17) is 4.74 Å². The van der Waals surface area contributed by atoms with Crippen molar-refractivity contribution in [3.05, 3.63) is 53.6 Å². The van der Waals surface area contributed by atoms with Crippen LogP contribution in [0.4, 0.5) is 11.4 Å². The first-order valence-corrected chi connectivity index (χ1v) is 8.87. The van der Waals surface area contributed by atoms with E-state index in [0.29, 0.717) is 12.1 Å². The van der Waals surface area contributed by atoms with Crippen molar-refractivity contribution in [3.63, 3.8) is 0 Å². The molecule has 2 aromatic rings. The molecule has 5 nitrogen and oxygen atoms in total. The molecule has 0 aliphatic heterocycles. The van der Waals surface area contributed by atoms with E-state index in [-0.39, 0.29) is 23.7 Å². The quantitative estimate of drug-likeness (QED) is 0.831. The number of anilines is 2. The summed E-state index contributed by atoms with van der Waals surface area (Å²) in [6.45, 7) is 4.04. The van der Waals surface area contributed by atoms with E-state index in [2.05, 4.69) is 17.6 Å². The van der Waals surface area contributed by atoms with Crippen molar-refractivity contribution < 1.29 is 14.3 Å². The molecule has 1 aliphatic rings. The van der Waals surface area contributed by atoms with Gasteiger partial charge in [0.1, 0.15) is 5.75 Å². The molecule has 1 saturated carbocycles. The number of benzene rings is 2. The van der Waals surface area contributed by atoms with Crippen LogP contribution in [0, 0.1) is 18.8 Å². The van der Waals surface area contributed by atoms with E-state index < -0.39 is 0 Å². The highest BCUT2D eigenvalue weighted by Gasteiger charge is 2.48. The Labute approximate surface area is 153 Å². The van der Waals surface area contributed by atoms with Crippen molar-refractivity contribution in [2.45, 2.75) is 26.7 Å². The summed E-state index contributed by atoms with van der Waals surface area (Å²) in [6.07, 6.45) is 1.44. The highest BCUT2D eigenvalue weighted by Crippen LogP contribution is 2.40. The third kappa shape index (κ3) is 3.87. The summed E-state index contributed by atoms with van der Waals surface area (Å²) in [4.78, 5) is 24.9. The molecule has 2 amide bonds. The fourth-order valence-electron chi connectivity index (χ4n) is 3.10. The Kier molecular flexibility index (Phi) is 5.26. The minimum absolute atomic E-state index is 0.0797. The summed E-state index contributed by atoms with van der Waals surface area (Å²) >= 11 is 0. The molecule has 2 N–H and O–H groups in total. The molecule has 0 aromatic heterocycles. The van der Waals surface area contributed by atoms with Gasteiger partial charge in [-0.05, 0) is 55.2 Å². The lowest BCUT2D eigenvalue weighted by Gasteiger charge is -2.13. The van der Waals surface area contributed by atoms with Gasteiger partial charge in [-0.15, -0.1) is 0 Å². The minimum atomic E-state index is -0.272. The average molecular weight is 352 g/mol. The molecule has 3 rings (SSSR count). The third-order valence-corrected chi connectivity index (χ3v) is 4.81. The van der Waals surface area contributed by atoms with Gasteiger partial charge >= 0.3 is 0 Å². The number of carbonyl (C=O) groups excluding carboxylic acids is 2. The van der Waals surface area contributed by atoms with Gasteiger partial charge in [-0.3, -0.25) is 9.59 Å². The molecule has 1 fully saturated rings. The first kappa shape index (κ1) is 18.0. The van der Waals surface area contributed by atoms with Crippen molar-refractivity contribution in [2.24, 2.45) is 11.8 Å². The first-order valence-electron chi connectivity index (χ1n) is 8.87. The summed E-state index contributed by atoms with van der Waals surface area (Å²) < 4.78 is 5.10. The van der Waals surface area contributed by atoms with Gasteiger partial charge in [0.05, 0.1) is 18.9 Å². The van der Waals surface area contributed by atoms with E-state index in [1.165, 1.54) is 0 Å². The largest absolute Gasteiger partial charge is 0.497 e. The number of hydrogen-bond donors (Lipinski definition) is 2. The summed E-state index contributed by atoms with van der Waals surface area (Å²) in [6, 6.07) is 13.1. The average Bonchev–Trinajstić information content (AvgIpc) is 3.45. The zero-order valence-electron chi connectivity index (χ0n) is 15.3. The molecule has 0 bridgehead atoms. The smallest absolute Gasteiger partial charge is 0.228 e. The Morgan fingerprint density at radius 2 is 1.69 bits per heavy atom. The van der Waals surface area contributed by atoms with E-state index >= 15 is 0 Å². The summed E-state index contributed by atoms with van der Waals surface area (Å²) in [5, 5.41) is 5.88. The first-order chi connectivity index (χ1) is 12.5. The van der Waals surface area contributed by atoms with E-state index in [1.807, 2.05) is 25.1 Å². The van der Waals surface area contributed by atoms with Crippen molar-refractivity contribution >= 4 is 23.2 Å². The van der Waals surface area contributed by atoms with Crippen LogP contribution in [0.15, 0.2) is 42.5 Å². The SMILES string of the molecule is CCc1cccc(C)c1NC(=O)C1CC1C(=O)Nc1ccc(OC)cc1. The molecular formula is C21H24N2O3. The van der Waals surface area contributed by atoms with Gasteiger partial charge in [0.25, 0.3) is 0 Å². The van der Waals surface area contributed by atoms with Crippen molar-refractivity contribution in [1.82, 2.24) is 0 Å². The Balaban J connectivity index is 1.59. The summed E-state index contributed by atoms with van der Waals surface area (Å²) in [7, 11) is 1.60. The molecule has 136 valence electrons. The fraction of sp³-hybridized carbons (Fsp3) is 0.333. The minimum Gasteiger partial charge on any atom is -0.497 e. The molecule has 2 aromatic carbocycles. The van der Waals surface area contributed by atoms with Crippen LogP contribution >= 0.6 is 0 Å². The Morgan fingerprint density at radius 1 is 1.04 bits per heavy atom. The van der Waals surface area contributed by atoms with Crippen LogP contribution in [-0.4, -0.2) is 18.9 Å².